The summed E-state index contributed by atoms with van der Waals surface area (Å²) in [6, 6.07) is 9.01. The molecule has 2 aliphatic heterocycles. The molecule has 30 heavy (non-hydrogen) atoms. The second-order valence-corrected chi connectivity index (χ2v) is 7.72. The van der Waals surface area contributed by atoms with Crippen molar-refractivity contribution in [3.05, 3.63) is 30.3 Å². The van der Waals surface area contributed by atoms with E-state index in [0.29, 0.717) is 51.9 Å². The number of nitrogens with one attached hydrogen (secondary N) is 1. The molecule has 2 aliphatic rings. The zero-order valence-electron chi connectivity index (χ0n) is 16.9. The Labute approximate surface area is 175 Å². The number of hydrogen-bond donors (Lipinski definition) is 2. The highest BCUT2D eigenvalue weighted by atomic mass is 16.5. The number of piperidine rings is 2. The van der Waals surface area contributed by atoms with Crippen molar-refractivity contribution in [2.75, 3.05) is 38.1 Å². The van der Waals surface area contributed by atoms with E-state index in [4.69, 9.17) is 10.5 Å². The first-order valence-corrected chi connectivity index (χ1v) is 10.3. The molecule has 0 aromatic heterocycles. The number of esters is 1. The van der Waals surface area contributed by atoms with E-state index in [1.54, 1.807) is 9.80 Å². The average Bonchev–Trinajstić information content (AvgIpc) is 2.78. The van der Waals surface area contributed by atoms with Gasteiger partial charge in [0.2, 0.25) is 5.91 Å². The van der Waals surface area contributed by atoms with Crippen molar-refractivity contribution in [3.63, 3.8) is 0 Å². The molecular formula is C21H28N4O5. The lowest BCUT2D eigenvalue weighted by Gasteiger charge is -2.32. The highest BCUT2D eigenvalue weighted by Crippen LogP contribution is 2.20. The monoisotopic (exact) mass is 416 g/mol. The van der Waals surface area contributed by atoms with Crippen LogP contribution in [0.5, 0.6) is 0 Å². The van der Waals surface area contributed by atoms with Gasteiger partial charge in [0, 0.05) is 37.8 Å². The average molecular weight is 416 g/mol. The number of benzene rings is 1. The zero-order chi connectivity index (χ0) is 21.5. The van der Waals surface area contributed by atoms with Crippen molar-refractivity contribution in [2.45, 2.75) is 25.7 Å². The Bertz CT molecular complexity index is 769. The maximum Gasteiger partial charge on any atom is 0.321 e. The maximum absolute atomic E-state index is 12.3. The topological polar surface area (TPSA) is 122 Å². The van der Waals surface area contributed by atoms with Crippen LogP contribution in [0.3, 0.4) is 0 Å². The van der Waals surface area contributed by atoms with E-state index >= 15 is 0 Å². The minimum absolute atomic E-state index is 0.192. The number of primary amides is 1. The number of carbonyl (C=O) groups is 4. The molecule has 0 bridgehead atoms. The lowest BCUT2D eigenvalue weighted by atomic mass is 9.96. The molecule has 0 spiro atoms. The molecule has 0 atom stereocenters. The van der Waals surface area contributed by atoms with Crippen molar-refractivity contribution in [1.29, 1.82) is 0 Å². The molecule has 162 valence electrons. The highest BCUT2D eigenvalue weighted by Gasteiger charge is 2.30. The Morgan fingerprint density at radius 2 is 1.47 bits per heavy atom. The number of anilines is 1. The van der Waals surface area contributed by atoms with Gasteiger partial charge in [-0.2, -0.15) is 0 Å². The number of urea groups is 1. The van der Waals surface area contributed by atoms with Crippen LogP contribution in [0, 0.1) is 11.8 Å². The van der Waals surface area contributed by atoms with Gasteiger partial charge in [-0.1, -0.05) is 18.2 Å². The second kappa shape index (κ2) is 10.1. The molecule has 0 saturated carbocycles. The standard InChI is InChI=1S/C21H28N4O5/c22-19(27)15-6-10-24(11-7-15)18(26)14-30-20(28)16-8-12-25(13-9-16)21(29)23-17-4-2-1-3-5-17/h1-5,15-16H,6-14H2,(H2,22,27)(H,23,29). The van der Waals surface area contributed by atoms with E-state index in [1.165, 1.54) is 0 Å². The lowest BCUT2D eigenvalue weighted by Crippen LogP contribution is -2.44. The van der Waals surface area contributed by atoms with Gasteiger partial charge >= 0.3 is 12.0 Å². The fourth-order valence-corrected chi connectivity index (χ4v) is 3.80. The van der Waals surface area contributed by atoms with Gasteiger partial charge in [-0.05, 0) is 37.8 Å². The van der Waals surface area contributed by atoms with Gasteiger partial charge in [0.25, 0.3) is 5.91 Å². The van der Waals surface area contributed by atoms with E-state index in [-0.39, 0.29) is 36.3 Å². The molecule has 4 amide bonds. The smallest absolute Gasteiger partial charge is 0.321 e. The largest absolute Gasteiger partial charge is 0.455 e. The van der Waals surface area contributed by atoms with E-state index in [2.05, 4.69) is 5.32 Å². The molecule has 2 saturated heterocycles. The van der Waals surface area contributed by atoms with Crippen molar-refractivity contribution < 1.29 is 23.9 Å². The predicted octanol–water partition coefficient (Wildman–Crippen LogP) is 1.20. The number of ether oxygens (including phenoxy) is 1. The molecule has 0 radical (unpaired) electrons. The number of nitrogens with two attached hydrogens (primary N) is 1. The maximum atomic E-state index is 12.3. The van der Waals surface area contributed by atoms with Gasteiger partial charge in [0.15, 0.2) is 6.61 Å². The van der Waals surface area contributed by atoms with Crippen LogP contribution in [0.25, 0.3) is 0 Å². The number of carbonyl (C=O) groups excluding carboxylic acids is 4. The number of likely N-dealkylation sites (tertiary alicyclic amines) is 2. The van der Waals surface area contributed by atoms with Gasteiger partial charge in [0.05, 0.1) is 5.92 Å². The van der Waals surface area contributed by atoms with Gasteiger partial charge < -0.3 is 25.6 Å². The summed E-state index contributed by atoms with van der Waals surface area (Å²) in [5.41, 5.74) is 6.02. The summed E-state index contributed by atoms with van der Waals surface area (Å²) in [4.78, 5) is 51.4. The van der Waals surface area contributed by atoms with E-state index in [0.717, 1.165) is 5.69 Å². The Kier molecular flexibility index (Phi) is 7.26. The Morgan fingerprint density at radius 1 is 0.900 bits per heavy atom. The highest BCUT2D eigenvalue weighted by molar-refractivity contribution is 5.89. The van der Waals surface area contributed by atoms with Crippen LogP contribution in [0.15, 0.2) is 30.3 Å². The SMILES string of the molecule is NC(=O)C1CCN(C(=O)COC(=O)C2CCN(C(=O)Nc3ccccc3)CC2)CC1. The van der Waals surface area contributed by atoms with Crippen LogP contribution in [0.2, 0.25) is 0 Å². The van der Waals surface area contributed by atoms with E-state index < -0.39 is 5.97 Å². The number of nitrogens with zero attached hydrogens (tertiary/aromatic N) is 2. The molecule has 3 rings (SSSR count). The molecule has 9 heteroatoms. The summed E-state index contributed by atoms with van der Waals surface area (Å²) in [5, 5.41) is 2.83. The fourth-order valence-electron chi connectivity index (χ4n) is 3.80. The van der Waals surface area contributed by atoms with Crippen molar-refractivity contribution >= 4 is 29.5 Å². The summed E-state index contributed by atoms with van der Waals surface area (Å²) in [6.07, 6.45) is 2.08. The molecular weight excluding hydrogens is 388 g/mol. The summed E-state index contributed by atoms with van der Waals surface area (Å²) in [6.45, 7) is 1.49. The van der Waals surface area contributed by atoms with Crippen molar-refractivity contribution in [3.8, 4) is 0 Å². The Balaban J connectivity index is 1.36. The molecule has 1 aromatic carbocycles. The number of amides is 4. The minimum Gasteiger partial charge on any atom is -0.455 e. The first-order chi connectivity index (χ1) is 14.4. The quantitative estimate of drug-likeness (QED) is 0.699. The first-order valence-electron chi connectivity index (χ1n) is 10.3. The van der Waals surface area contributed by atoms with Crippen molar-refractivity contribution in [2.24, 2.45) is 17.6 Å². The molecule has 2 heterocycles. The molecule has 3 N–H and O–H groups in total. The van der Waals surface area contributed by atoms with Crippen molar-refractivity contribution in [1.82, 2.24) is 9.80 Å². The summed E-state index contributed by atoms with van der Waals surface area (Å²) < 4.78 is 5.22. The third kappa shape index (κ3) is 5.71. The number of para-hydroxylation sites is 1. The summed E-state index contributed by atoms with van der Waals surface area (Å²) in [5.74, 6) is -1.51. The van der Waals surface area contributed by atoms with E-state index in [1.807, 2.05) is 30.3 Å². The minimum atomic E-state index is -0.404. The number of rotatable bonds is 5. The normalized spacial score (nSPS) is 18.0. The summed E-state index contributed by atoms with van der Waals surface area (Å²) >= 11 is 0. The first kappa shape index (κ1) is 21.6. The zero-order valence-corrected chi connectivity index (χ0v) is 16.9. The molecule has 2 fully saturated rings. The second-order valence-electron chi connectivity index (χ2n) is 7.72. The number of hydrogen-bond acceptors (Lipinski definition) is 5. The fraction of sp³-hybridized carbons (Fsp3) is 0.524. The van der Waals surface area contributed by atoms with Gasteiger partial charge in [-0.3, -0.25) is 14.4 Å². The molecule has 0 aliphatic carbocycles. The van der Waals surface area contributed by atoms with Gasteiger partial charge in [-0.25, -0.2) is 4.79 Å². The van der Waals surface area contributed by atoms with Gasteiger partial charge in [0.1, 0.15) is 0 Å². The third-order valence-corrected chi connectivity index (χ3v) is 5.73. The molecule has 0 unspecified atom stereocenters. The summed E-state index contributed by atoms with van der Waals surface area (Å²) in [7, 11) is 0. The van der Waals surface area contributed by atoms with Crippen LogP contribution < -0.4 is 11.1 Å². The molecule has 1 aromatic rings. The van der Waals surface area contributed by atoms with Gasteiger partial charge in [-0.15, -0.1) is 0 Å². The van der Waals surface area contributed by atoms with Crippen LogP contribution >= 0.6 is 0 Å². The van der Waals surface area contributed by atoms with Crippen LogP contribution in [-0.2, 0) is 19.1 Å². The van der Waals surface area contributed by atoms with Crippen LogP contribution in [0.4, 0.5) is 10.5 Å². The predicted molar refractivity (Wildman–Crippen MR) is 109 cm³/mol. The van der Waals surface area contributed by atoms with E-state index in [9.17, 15) is 19.2 Å². The van der Waals surface area contributed by atoms with Crippen LogP contribution in [0.1, 0.15) is 25.7 Å². The lowest BCUT2D eigenvalue weighted by molar-refractivity contribution is -0.157. The molecule has 9 nitrogen and oxygen atoms in total. The Morgan fingerprint density at radius 3 is 2.07 bits per heavy atom. The Hall–Kier alpha value is -3.10. The van der Waals surface area contributed by atoms with Crippen LogP contribution in [-0.4, -0.2) is 66.4 Å². The third-order valence-electron chi connectivity index (χ3n) is 5.73.